The third kappa shape index (κ3) is 5.22. The number of hydrogen-bond donors (Lipinski definition) is 2. The molecule has 166 valence electrons. The van der Waals surface area contributed by atoms with E-state index in [0.717, 1.165) is 36.0 Å². The molecule has 3 aromatic rings. The number of benzene rings is 1. The van der Waals surface area contributed by atoms with E-state index in [0.29, 0.717) is 29.5 Å². The molecule has 1 aliphatic heterocycles. The summed E-state index contributed by atoms with van der Waals surface area (Å²) in [6, 6.07) is 7.14. The number of unbranched alkanes of at least 4 members (excludes halogenated alkanes) is 2. The van der Waals surface area contributed by atoms with Gasteiger partial charge in [0.05, 0.1) is 6.20 Å². The van der Waals surface area contributed by atoms with Gasteiger partial charge in [0, 0.05) is 29.0 Å². The lowest BCUT2D eigenvalue weighted by molar-refractivity contribution is 0.172. The molecular formula is C24H31FN4O2. The molecule has 0 saturated heterocycles. The molecule has 1 unspecified atom stereocenters. The van der Waals surface area contributed by atoms with Crippen LogP contribution >= 0.6 is 0 Å². The first-order valence-corrected chi connectivity index (χ1v) is 10.9. The van der Waals surface area contributed by atoms with Crippen LogP contribution in [0.25, 0.3) is 22.3 Å². The lowest BCUT2D eigenvalue weighted by Gasteiger charge is -2.22. The van der Waals surface area contributed by atoms with Crippen molar-refractivity contribution in [1.29, 1.82) is 0 Å². The fourth-order valence-corrected chi connectivity index (χ4v) is 3.70. The van der Waals surface area contributed by atoms with Crippen molar-refractivity contribution in [1.82, 2.24) is 15.2 Å². The van der Waals surface area contributed by atoms with E-state index in [1.807, 2.05) is 18.2 Å². The first kappa shape index (κ1) is 22.7. The number of rotatable bonds is 8. The van der Waals surface area contributed by atoms with Crippen LogP contribution < -0.4 is 15.2 Å². The molecule has 2 aromatic heterocycles. The van der Waals surface area contributed by atoms with Crippen molar-refractivity contribution in [3.8, 4) is 34.0 Å². The Balaban J connectivity index is 0.00000132. The highest BCUT2D eigenvalue weighted by atomic mass is 19.1. The van der Waals surface area contributed by atoms with Gasteiger partial charge in [-0.25, -0.2) is 4.39 Å². The Morgan fingerprint density at radius 1 is 1.16 bits per heavy atom. The monoisotopic (exact) mass is 426 g/mol. The highest BCUT2D eigenvalue weighted by Gasteiger charge is 2.23. The third-order valence-electron chi connectivity index (χ3n) is 5.36. The van der Waals surface area contributed by atoms with Crippen LogP contribution in [-0.2, 0) is 6.61 Å². The zero-order chi connectivity index (χ0) is 22.2. The number of nitrogens with two attached hydrogens (primary N) is 1. The summed E-state index contributed by atoms with van der Waals surface area (Å²) in [5.41, 5.74) is 8.25. The van der Waals surface area contributed by atoms with Crippen molar-refractivity contribution >= 4 is 0 Å². The van der Waals surface area contributed by atoms with Gasteiger partial charge in [0.2, 0.25) is 11.8 Å². The lowest BCUT2D eigenvalue weighted by Crippen LogP contribution is -2.16. The molecule has 0 saturated carbocycles. The number of aromatic nitrogens is 3. The van der Waals surface area contributed by atoms with Crippen molar-refractivity contribution in [3.63, 3.8) is 0 Å². The van der Waals surface area contributed by atoms with Gasteiger partial charge in [-0.05, 0) is 55.6 Å². The van der Waals surface area contributed by atoms with Crippen molar-refractivity contribution < 1.29 is 13.9 Å². The molecule has 0 spiro atoms. The van der Waals surface area contributed by atoms with Gasteiger partial charge in [0.1, 0.15) is 18.5 Å². The van der Waals surface area contributed by atoms with Crippen LogP contribution in [-0.4, -0.2) is 28.3 Å². The second kappa shape index (κ2) is 10.9. The number of ether oxygens (including phenoxy) is 2. The minimum Gasteiger partial charge on any atom is -0.474 e. The molecule has 4 rings (SSSR count). The van der Waals surface area contributed by atoms with E-state index in [1.165, 1.54) is 19.9 Å². The minimum atomic E-state index is -0.291. The van der Waals surface area contributed by atoms with Crippen LogP contribution in [0, 0.1) is 5.82 Å². The molecule has 0 amide bonds. The van der Waals surface area contributed by atoms with Crippen LogP contribution in [0.1, 0.15) is 51.5 Å². The molecule has 1 aromatic carbocycles. The Morgan fingerprint density at radius 3 is 2.71 bits per heavy atom. The highest BCUT2D eigenvalue weighted by molar-refractivity contribution is 5.77. The number of aromatic amines is 1. The summed E-state index contributed by atoms with van der Waals surface area (Å²) in [4.78, 5) is 4.55. The van der Waals surface area contributed by atoms with Crippen molar-refractivity contribution in [2.75, 3.05) is 7.05 Å². The summed E-state index contributed by atoms with van der Waals surface area (Å²) >= 11 is 0. The largest absolute Gasteiger partial charge is 0.474 e. The van der Waals surface area contributed by atoms with Gasteiger partial charge < -0.3 is 15.2 Å². The van der Waals surface area contributed by atoms with Gasteiger partial charge in [-0.1, -0.05) is 26.7 Å². The maximum atomic E-state index is 14.8. The van der Waals surface area contributed by atoms with Gasteiger partial charge in [-0.15, -0.1) is 0 Å². The topological polar surface area (TPSA) is 86.0 Å². The zero-order valence-electron chi connectivity index (χ0n) is 18.5. The Bertz CT molecular complexity index is 976. The molecule has 0 radical (unpaired) electrons. The Hall–Kier alpha value is -2.93. The zero-order valence-corrected chi connectivity index (χ0v) is 18.5. The summed E-state index contributed by atoms with van der Waals surface area (Å²) < 4.78 is 26.7. The maximum absolute atomic E-state index is 14.8. The Kier molecular flexibility index (Phi) is 8.00. The lowest BCUT2D eigenvalue weighted by atomic mass is 9.95. The van der Waals surface area contributed by atoms with E-state index in [4.69, 9.17) is 9.47 Å². The second-order valence-electron chi connectivity index (χ2n) is 7.41. The average Bonchev–Trinajstić information content (AvgIpc) is 3.34. The van der Waals surface area contributed by atoms with Gasteiger partial charge in [-0.2, -0.15) is 10.1 Å². The Labute approximate surface area is 183 Å². The molecule has 1 aliphatic rings. The quantitative estimate of drug-likeness (QED) is 0.466. The molecule has 3 heterocycles. The number of halogens is 1. The number of H-pyrrole nitrogens is 1. The normalized spacial score (nSPS) is 12.7. The number of nitrogens with one attached hydrogen (secondary N) is 1. The average molecular weight is 427 g/mol. The number of hydrogen-bond acceptors (Lipinski definition) is 5. The molecule has 31 heavy (non-hydrogen) atoms. The van der Waals surface area contributed by atoms with Gasteiger partial charge in [0.25, 0.3) is 0 Å². The summed E-state index contributed by atoms with van der Waals surface area (Å²) in [6.45, 7) is 4.67. The Morgan fingerprint density at radius 2 is 2.00 bits per heavy atom. The van der Waals surface area contributed by atoms with E-state index >= 15 is 0 Å². The van der Waals surface area contributed by atoms with Crippen LogP contribution in [0.3, 0.4) is 0 Å². The molecule has 0 aliphatic carbocycles. The third-order valence-corrected chi connectivity index (χ3v) is 5.36. The second-order valence-corrected chi connectivity index (χ2v) is 7.41. The number of nitrogens with zero attached hydrogens (tertiary/aromatic N) is 2. The van der Waals surface area contributed by atoms with E-state index in [-0.39, 0.29) is 11.9 Å². The van der Waals surface area contributed by atoms with E-state index in [9.17, 15) is 4.39 Å². The van der Waals surface area contributed by atoms with E-state index < -0.39 is 0 Å². The highest BCUT2D eigenvalue weighted by Crippen LogP contribution is 2.40. The molecule has 0 fully saturated rings. The van der Waals surface area contributed by atoms with Crippen LogP contribution in [0.4, 0.5) is 4.39 Å². The first-order chi connectivity index (χ1) is 15.2. The smallest absolute Gasteiger partial charge is 0.225 e. The van der Waals surface area contributed by atoms with Crippen molar-refractivity contribution in [2.24, 2.45) is 5.73 Å². The minimum absolute atomic E-state index is 0.151. The maximum Gasteiger partial charge on any atom is 0.225 e. The van der Waals surface area contributed by atoms with Crippen LogP contribution in [0.15, 0.2) is 36.7 Å². The fraction of sp³-hybridized carbons (Fsp3) is 0.417. The predicted molar refractivity (Wildman–Crippen MR) is 121 cm³/mol. The number of fused-ring (bicyclic) bond motifs is 3. The fourth-order valence-electron chi connectivity index (χ4n) is 3.70. The van der Waals surface area contributed by atoms with Gasteiger partial charge in [0.15, 0.2) is 0 Å². The van der Waals surface area contributed by atoms with Crippen LogP contribution in [0.5, 0.6) is 11.8 Å². The summed E-state index contributed by atoms with van der Waals surface area (Å²) in [7, 11) is 1.50. The summed E-state index contributed by atoms with van der Waals surface area (Å²) in [5.74, 6) is 0.764. The summed E-state index contributed by atoms with van der Waals surface area (Å²) in [6.07, 6.45) is 8.96. The predicted octanol–water partition coefficient (Wildman–Crippen LogP) is 5.48. The van der Waals surface area contributed by atoms with E-state index in [2.05, 4.69) is 34.8 Å². The first-order valence-electron chi connectivity index (χ1n) is 10.9. The molecule has 6 nitrogen and oxygen atoms in total. The number of pyridine rings is 1. The molecule has 3 N–H and O–H groups in total. The molecule has 1 atom stereocenters. The molecule has 0 bridgehead atoms. The van der Waals surface area contributed by atoms with E-state index in [1.54, 1.807) is 18.5 Å². The SMILES string of the molecule is CCCCCC(CC)Oc1ccc2c(n1)OCc1cc(-c3cn[nH]c3)c(F)cc1-2.CN. The molecular weight excluding hydrogens is 395 g/mol. The summed E-state index contributed by atoms with van der Waals surface area (Å²) in [5, 5.41) is 6.63. The molecule has 7 heteroatoms. The van der Waals surface area contributed by atoms with Gasteiger partial charge in [-0.3, -0.25) is 5.10 Å². The van der Waals surface area contributed by atoms with Gasteiger partial charge >= 0.3 is 0 Å². The van der Waals surface area contributed by atoms with Crippen LogP contribution in [0.2, 0.25) is 0 Å². The standard InChI is InChI=1S/C23H26FN3O2.CH5N/c1-3-5-6-7-17(4-2)29-22-9-8-18-19-11-21(24)20(16-12-25-26-13-16)10-15(19)14-28-23(18)27-22;1-2/h8-13,17H,3-7,14H2,1-2H3,(H,25,26);2H2,1H3. The van der Waals surface area contributed by atoms with Crippen molar-refractivity contribution in [3.05, 3.63) is 48.0 Å². The van der Waals surface area contributed by atoms with Crippen molar-refractivity contribution in [2.45, 2.75) is 58.7 Å².